The SMILES string of the molecule is COc1ccc(CNC(=O)NCCCCOc2ccc(F)cc2)cn1. The van der Waals surface area contributed by atoms with Crippen molar-refractivity contribution in [1.82, 2.24) is 15.6 Å². The number of urea groups is 1. The van der Waals surface area contributed by atoms with Crippen LogP contribution in [-0.2, 0) is 6.54 Å². The third kappa shape index (κ3) is 7.07. The van der Waals surface area contributed by atoms with E-state index in [1.54, 1.807) is 31.5 Å². The van der Waals surface area contributed by atoms with Crippen molar-refractivity contribution >= 4 is 6.03 Å². The first-order chi connectivity index (χ1) is 12.2. The number of unbranched alkanes of at least 4 members (excludes halogenated alkanes) is 1. The van der Waals surface area contributed by atoms with Crippen molar-refractivity contribution in [1.29, 1.82) is 0 Å². The summed E-state index contributed by atoms with van der Waals surface area (Å²) in [6, 6.07) is 9.27. The molecule has 1 aromatic carbocycles. The molecular formula is C18H22FN3O3. The Morgan fingerprint density at radius 2 is 1.92 bits per heavy atom. The minimum Gasteiger partial charge on any atom is -0.494 e. The number of methoxy groups -OCH3 is 1. The Morgan fingerprint density at radius 3 is 2.60 bits per heavy atom. The van der Waals surface area contributed by atoms with Crippen molar-refractivity contribution in [3.63, 3.8) is 0 Å². The average Bonchev–Trinajstić information content (AvgIpc) is 2.64. The standard InChI is InChI=1S/C18H22FN3O3/c1-24-17-9-4-14(12-21-17)13-22-18(23)20-10-2-3-11-25-16-7-5-15(19)6-8-16/h4-9,12H,2-3,10-11,13H2,1H3,(H2,20,22,23). The fourth-order valence-corrected chi connectivity index (χ4v) is 2.03. The number of rotatable bonds is 9. The lowest BCUT2D eigenvalue weighted by Gasteiger charge is -2.09. The number of amides is 2. The average molecular weight is 347 g/mol. The van der Waals surface area contributed by atoms with Crippen LogP contribution in [0.15, 0.2) is 42.6 Å². The topological polar surface area (TPSA) is 72.5 Å². The first kappa shape index (κ1) is 18.5. The van der Waals surface area contributed by atoms with Gasteiger partial charge < -0.3 is 20.1 Å². The molecule has 0 spiro atoms. The second-order valence-corrected chi connectivity index (χ2v) is 5.33. The predicted octanol–water partition coefficient (Wildman–Crippen LogP) is 2.89. The zero-order valence-corrected chi connectivity index (χ0v) is 14.1. The van der Waals surface area contributed by atoms with E-state index in [9.17, 15) is 9.18 Å². The highest BCUT2D eigenvalue weighted by Gasteiger charge is 2.01. The highest BCUT2D eigenvalue weighted by Crippen LogP contribution is 2.11. The molecule has 2 aromatic rings. The van der Waals surface area contributed by atoms with E-state index in [2.05, 4.69) is 15.6 Å². The highest BCUT2D eigenvalue weighted by atomic mass is 19.1. The lowest BCUT2D eigenvalue weighted by atomic mass is 10.3. The van der Waals surface area contributed by atoms with E-state index >= 15 is 0 Å². The molecule has 134 valence electrons. The molecule has 0 unspecified atom stereocenters. The molecule has 0 saturated carbocycles. The normalized spacial score (nSPS) is 10.2. The van der Waals surface area contributed by atoms with Crippen molar-refractivity contribution < 1.29 is 18.7 Å². The van der Waals surface area contributed by atoms with Crippen LogP contribution in [0, 0.1) is 5.82 Å². The Bertz CT molecular complexity index is 648. The van der Waals surface area contributed by atoms with Gasteiger partial charge in [-0.25, -0.2) is 14.2 Å². The molecule has 25 heavy (non-hydrogen) atoms. The Kier molecular flexibility index (Phi) is 7.49. The maximum atomic E-state index is 12.7. The Labute approximate surface area is 146 Å². The Hall–Kier alpha value is -2.83. The van der Waals surface area contributed by atoms with Crippen LogP contribution < -0.4 is 20.1 Å². The summed E-state index contributed by atoms with van der Waals surface area (Å²) in [5.74, 6) is 0.893. The molecule has 2 N–H and O–H groups in total. The number of ether oxygens (including phenoxy) is 2. The molecule has 1 aromatic heterocycles. The number of nitrogens with zero attached hydrogens (tertiary/aromatic N) is 1. The number of pyridine rings is 1. The van der Waals surface area contributed by atoms with Crippen molar-refractivity contribution in [2.45, 2.75) is 19.4 Å². The summed E-state index contributed by atoms with van der Waals surface area (Å²) in [5, 5.41) is 5.54. The van der Waals surface area contributed by atoms with Gasteiger partial charge in [-0.2, -0.15) is 0 Å². The van der Waals surface area contributed by atoms with Gasteiger partial charge >= 0.3 is 6.03 Å². The summed E-state index contributed by atoms with van der Waals surface area (Å²) in [4.78, 5) is 15.8. The lowest BCUT2D eigenvalue weighted by Crippen LogP contribution is -2.35. The molecule has 1 heterocycles. The van der Waals surface area contributed by atoms with E-state index in [4.69, 9.17) is 9.47 Å². The summed E-state index contributed by atoms with van der Waals surface area (Å²) in [5.41, 5.74) is 0.892. The van der Waals surface area contributed by atoms with E-state index in [1.807, 2.05) is 6.07 Å². The summed E-state index contributed by atoms with van der Waals surface area (Å²) in [6.07, 6.45) is 3.24. The van der Waals surface area contributed by atoms with Crippen LogP contribution in [-0.4, -0.2) is 31.3 Å². The minimum atomic E-state index is -0.284. The molecular weight excluding hydrogens is 325 g/mol. The molecule has 2 rings (SSSR count). The molecule has 7 heteroatoms. The van der Waals surface area contributed by atoms with Crippen molar-refractivity contribution in [3.05, 3.63) is 54.0 Å². The maximum Gasteiger partial charge on any atom is 0.315 e. The van der Waals surface area contributed by atoms with Crippen LogP contribution in [0.25, 0.3) is 0 Å². The summed E-state index contributed by atoms with van der Waals surface area (Å²) < 4.78 is 23.2. The highest BCUT2D eigenvalue weighted by molar-refractivity contribution is 5.73. The third-order valence-electron chi connectivity index (χ3n) is 3.40. The summed E-state index contributed by atoms with van der Waals surface area (Å²) in [6.45, 7) is 1.47. The zero-order valence-electron chi connectivity index (χ0n) is 14.1. The van der Waals surface area contributed by atoms with Gasteiger partial charge in [0.15, 0.2) is 0 Å². The van der Waals surface area contributed by atoms with Crippen LogP contribution in [0.2, 0.25) is 0 Å². The van der Waals surface area contributed by atoms with Crippen molar-refractivity contribution in [3.8, 4) is 11.6 Å². The second-order valence-electron chi connectivity index (χ2n) is 5.33. The third-order valence-corrected chi connectivity index (χ3v) is 3.40. The molecule has 6 nitrogen and oxygen atoms in total. The van der Waals surface area contributed by atoms with E-state index in [-0.39, 0.29) is 11.8 Å². The number of carbonyl (C=O) groups is 1. The van der Waals surface area contributed by atoms with Gasteiger partial charge in [-0.3, -0.25) is 0 Å². The number of hydrogen-bond donors (Lipinski definition) is 2. The van der Waals surface area contributed by atoms with Gasteiger partial charge in [-0.05, 0) is 42.7 Å². The fraction of sp³-hybridized carbons (Fsp3) is 0.333. The first-order valence-electron chi connectivity index (χ1n) is 8.06. The molecule has 0 aliphatic carbocycles. The molecule has 2 amide bonds. The van der Waals surface area contributed by atoms with E-state index in [0.29, 0.717) is 31.3 Å². The van der Waals surface area contributed by atoms with Crippen LogP contribution in [0.3, 0.4) is 0 Å². The quantitative estimate of drug-likeness (QED) is 0.684. The zero-order chi connectivity index (χ0) is 17.9. The molecule has 0 aliphatic rings. The Morgan fingerprint density at radius 1 is 1.12 bits per heavy atom. The van der Waals surface area contributed by atoms with Crippen LogP contribution >= 0.6 is 0 Å². The summed E-state index contributed by atoms with van der Waals surface area (Å²) in [7, 11) is 1.55. The van der Waals surface area contributed by atoms with Crippen molar-refractivity contribution in [2.24, 2.45) is 0 Å². The number of aromatic nitrogens is 1. The minimum absolute atomic E-state index is 0.227. The lowest BCUT2D eigenvalue weighted by molar-refractivity contribution is 0.239. The van der Waals surface area contributed by atoms with Gasteiger partial charge in [0, 0.05) is 25.4 Å². The molecule has 0 aliphatic heterocycles. The smallest absolute Gasteiger partial charge is 0.315 e. The second kappa shape index (κ2) is 10.1. The summed E-state index contributed by atoms with van der Waals surface area (Å²) >= 11 is 0. The molecule has 0 atom stereocenters. The van der Waals surface area contributed by atoms with Gasteiger partial charge in [0.05, 0.1) is 13.7 Å². The number of halogens is 1. The van der Waals surface area contributed by atoms with Gasteiger partial charge in [0.25, 0.3) is 0 Å². The van der Waals surface area contributed by atoms with Crippen molar-refractivity contribution in [2.75, 3.05) is 20.3 Å². The van der Waals surface area contributed by atoms with Gasteiger partial charge in [0.1, 0.15) is 11.6 Å². The largest absolute Gasteiger partial charge is 0.494 e. The number of benzene rings is 1. The monoisotopic (exact) mass is 347 g/mol. The number of carbonyl (C=O) groups excluding carboxylic acids is 1. The molecule has 0 saturated heterocycles. The number of nitrogens with one attached hydrogen (secondary N) is 2. The van der Waals surface area contributed by atoms with E-state index in [0.717, 1.165) is 18.4 Å². The van der Waals surface area contributed by atoms with Gasteiger partial charge in [-0.1, -0.05) is 6.07 Å². The van der Waals surface area contributed by atoms with Gasteiger partial charge in [-0.15, -0.1) is 0 Å². The number of hydrogen-bond acceptors (Lipinski definition) is 4. The first-order valence-corrected chi connectivity index (χ1v) is 8.06. The van der Waals surface area contributed by atoms with E-state index in [1.165, 1.54) is 12.1 Å². The Balaban J connectivity index is 1.52. The molecule has 0 bridgehead atoms. The maximum absolute atomic E-state index is 12.7. The van der Waals surface area contributed by atoms with E-state index < -0.39 is 0 Å². The fourth-order valence-electron chi connectivity index (χ4n) is 2.03. The van der Waals surface area contributed by atoms with Gasteiger partial charge in [0.2, 0.25) is 5.88 Å². The molecule has 0 fully saturated rings. The van der Waals surface area contributed by atoms with Crippen LogP contribution in [0.4, 0.5) is 9.18 Å². The molecule has 0 radical (unpaired) electrons. The van der Waals surface area contributed by atoms with Crippen LogP contribution in [0.1, 0.15) is 18.4 Å². The predicted molar refractivity (Wildman–Crippen MR) is 92.2 cm³/mol. The van der Waals surface area contributed by atoms with Crippen LogP contribution in [0.5, 0.6) is 11.6 Å².